The number of furan rings is 1. The van der Waals surface area contributed by atoms with Gasteiger partial charge in [0.05, 0.1) is 16.1 Å². The molecule has 10 heteroatoms. The van der Waals surface area contributed by atoms with Crippen LogP contribution in [-0.2, 0) is 7.05 Å². The lowest BCUT2D eigenvalue weighted by Gasteiger charge is -2.06. The van der Waals surface area contributed by atoms with Gasteiger partial charge in [-0.15, -0.1) is 16.4 Å². The minimum absolute atomic E-state index is 0.203. The Balaban J connectivity index is 1.45. The Morgan fingerprint density at radius 1 is 1.07 bits per heavy atom. The maximum atomic E-state index is 12.5. The quantitative estimate of drug-likeness (QED) is 0.538. The van der Waals surface area contributed by atoms with Gasteiger partial charge in [-0.05, 0) is 46.8 Å². The van der Waals surface area contributed by atoms with Crippen molar-refractivity contribution in [3.63, 3.8) is 0 Å². The SMILES string of the molecule is Cn1nnnc1-c1cccc(NC(=O)c2ccc(NC(=O)c3ccco3)s2)c1. The molecule has 2 amide bonds. The van der Waals surface area contributed by atoms with E-state index in [2.05, 4.69) is 26.2 Å². The molecule has 1 aromatic carbocycles. The second-order valence-corrected chi connectivity index (χ2v) is 6.84. The Kier molecular flexibility index (Phi) is 4.68. The fourth-order valence-electron chi connectivity index (χ4n) is 2.51. The Bertz CT molecular complexity index is 1130. The molecule has 0 aliphatic heterocycles. The first kappa shape index (κ1) is 17.6. The largest absolute Gasteiger partial charge is 0.459 e. The van der Waals surface area contributed by atoms with Gasteiger partial charge < -0.3 is 15.1 Å². The van der Waals surface area contributed by atoms with Crippen molar-refractivity contribution < 1.29 is 14.0 Å². The highest BCUT2D eigenvalue weighted by atomic mass is 32.1. The van der Waals surface area contributed by atoms with Crippen LogP contribution in [0.25, 0.3) is 11.4 Å². The molecular formula is C18H14N6O3S. The molecule has 3 aromatic heterocycles. The van der Waals surface area contributed by atoms with Crippen LogP contribution in [0.5, 0.6) is 0 Å². The number of hydrogen-bond donors (Lipinski definition) is 2. The normalized spacial score (nSPS) is 10.6. The highest BCUT2D eigenvalue weighted by Gasteiger charge is 2.14. The number of aryl methyl sites for hydroxylation is 1. The molecule has 28 heavy (non-hydrogen) atoms. The van der Waals surface area contributed by atoms with E-state index in [4.69, 9.17) is 4.42 Å². The molecule has 4 rings (SSSR count). The van der Waals surface area contributed by atoms with Gasteiger partial charge in [0.2, 0.25) is 0 Å². The minimum Gasteiger partial charge on any atom is -0.459 e. The van der Waals surface area contributed by atoms with E-state index in [-0.39, 0.29) is 17.6 Å². The van der Waals surface area contributed by atoms with E-state index >= 15 is 0 Å². The van der Waals surface area contributed by atoms with Gasteiger partial charge in [-0.2, -0.15) is 0 Å². The number of aromatic nitrogens is 4. The van der Waals surface area contributed by atoms with Crippen LogP contribution < -0.4 is 10.6 Å². The molecule has 0 radical (unpaired) electrons. The minimum atomic E-state index is -0.371. The second kappa shape index (κ2) is 7.45. The van der Waals surface area contributed by atoms with Crippen LogP contribution >= 0.6 is 11.3 Å². The number of anilines is 2. The number of rotatable bonds is 5. The molecule has 3 heterocycles. The number of carbonyl (C=O) groups is 2. The highest BCUT2D eigenvalue weighted by molar-refractivity contribution is 7.18. The number of tetrazole rings is 1. The third-order valence-electron chi connectivity index (χ3n) is 3.81. The monoisotopic (exact) mass is 394 g/mol. The van der Waals surface area contributed by atoms with Crippen molar-refractivity contribution in [3.05, 3.63) is 65.4 Å². The summed E-state index contributed by atoms with van der Waals surface area (Å²) >= 11 is 1.17. The summed E-state index contributed by atoms with van der Waals surface area (Å²) in [5, 5.41) is 17.5. The van der Waals surface area contributed by atoms with E-state index in [1.165, 1.54) is 17.6 Å². The molecule has 2 N–H and O–H groups in total. The van der Waals surface area contributed by atoms with Crippen LogP contribution in [0.15, 0.2) is 59.2 Å². The summed E-state index contributed by atoms with van der Waals surface area (Å²) in [6.07, 6.45) is 1.42. The average molecular weight is 394 g/mol. The third-order valence-corrected chi connectivity index (χ3v) is 4.81. The van der Waals surface area contributed by atoms with Gasteiger partial charge >= 0.3 is 0 Å². The van der Waals surface area contributed by atoms with Crippen LogP contribution in [0.2, 0.25) is 0 Å². The van der Waals surface area contributed by atoms with Gasteiger partial charge in [0.1, 0.15) is 0 Å². The predicted octanol–water partition coefficient (Wildman–Crippen LogP) is 3.04. The molecule has 140 valence electrons. The first-order valence-corrected chi connectivity index (χ1v) is 9.00. The lowest BCUT2D eigenvalue weighted by molar-refractivity contribution is 0.0995. The number of carbonyl (C=O) groups excluding carboxylic acids is 2. The molecule has 9 nitrogen and oxygen atoms in total. The molecule has 0 atom stereocenters. The molecule has 0 aliphatic rings. The summed E-state index contributed by atoms with van der Waals surface area (Å²) in [5.74, 6) is 0.144. The molecular weight excluding hydrogens is 380 g/mol. The van der Waals surface area contributed by atoms with Crippen LogP contribution in [0.1, 0.15) is 20.2 Å². The van der Waals surface area contributed by atoms with E-state index in [9.17, 15) is 9.59 Å². The van der Waals surface area contributed by atoms with Crippen LogP contribution in [-0.4, -0.2) is 32.0 Å². The lowest BCUT2D eigenvalue weighted by Crippen LogP contribution is -2.10. The molecule has 0 unspecified atom stereocenters. The van der Waals surface area contributed by atoms with Crippen molar-refractivity contribution in [1.29, 1.82) is 0 Å². The van der Waals surface area contributed by atoms with Crippen molar-refractivity contribution in [3.8, 4) is 11.4 Å². The topological polar surface area (TPSA) is 115 Å². The van der Waals surface area contributed by atoms with E-state index in [0.29, 0.717) is 21.4 Å². The van der Waals surface area contributed by atoms with Crippen molar-refractivity contribution in [2.24, 2.45) is 7.05 Å². The number of nitrogens with one attached hydrogen (secondary N) is 2. The van der Waals surface area contributed by atoms with E-state index < -0.39 is 0 Å². The molecule has 0 spiro atoms. The molecule has 0 aliphatic carbocycles. The van der Waals surface area contributed by atoms with Gasteiger partial charge in [-0.3, -0.25) is 9.59 Å². The molecule has 0 saturated carbocycles. The van der Waals surface area contributed by atoms with Gasteiger partial charge in [-0.25, -0.2) is 4.68 Å². The van der Waals surface area contributed by atoms with Gasteiger partial charge in [-0.1, -0.05) is 12.1 Å². The van der Waals surface area contributed by atoms with Crippen molar-refractivity contribution in [2.75, 3.05) is 10.6 Å². The zero-order valence-corrected chi connectivity index (χ0v) is 15.4. The maximum absolute atomic E-state index is 12.5. The van der Waals surface area contributed by atoms with Gasteiger partial charge in [0, 0.05) is 18.3 Å². The summed E-state index contributed by atoms with van der Waals surface area (Å²) in [4.78, 5) is 25.0. The van der Waals surface area contributed by atoms with Crippen molar-refractivity contribution in [2.45, 2.75) is 0 Å². The first-order valence-electron chi connectivity index (χ1n) is 8.19. The van der Waals surface area contributed by atoms with Crippen LogP contribution in [0.3, 0.4) is 0 Å². The fraction of sp³-hybridized carbons (Fsp3) is 0.0556. The Morgan fingerprint density at radius 2 is 1.96 bits per heavy atom. The molecule has 0 saturated heterocycles. The summed E-state index contributed by atoms with van der Waals surface area (Å²) in [5.41, 5.74) is 1.39. The fourth-order valence-corrected chi connectivity index (χ4v) is 3.31. The predicted molar refractivity (Wildman–Crippen MR) is 103 cm³/mol. The second-order valence-electron chi connectivity index (χ2n) is 5.76. The van der Waals surface area contributed by atoms with E-state index in [1.807, 2.05) is 12.1 Å². The molecule has 0 bridgehead atoms. The summed E-state index contributed by atoms with van der Waals surface area (Å²) in [7, 11) is 1.74. The standard InChI is InChI=1S/C18H14N6O3S/c1-24-16(21-22-23-24)11-4-2-5-12(10-11)19-18(26)14-7-8-15(28-14)20-17(25)13-6-3-9-27-13/h2-10H,1H3,(H,19,26)(H,20,25). The summed E-state index contributed by atoms with van der Waals surface area (Å²) < 4.78 is 6.60. The Hall–Kier alpha value is -3.79. The van der Waals surface area contributed by atoms with Crippen LogP contribution in [0.4, 0.5) is 10.7 Å². The number of benzene rings is 1. The summed E-state index contributed by atoms with van der Waals surface area (Å²) in [6, 6.07) is 13.7. The number of thiophene rings is 1. The van der Waals surface area contributed by atoms with Crippen molar-refractivity contribution in [1.82, 2.24) is 20.2 Å². The van der Waals surface area contributed by atoms with Crippen molar-refractivity contribution >= 4 is 33.8 Å². The Labute approximate surface area is 163 Å². The smallest absolute Gasteiger partial charge is 0.291 e. The lowest BCUT2D eigenvalue weighted by atomic mass is 10.2. The van der Waals surface area contributed by atoms with Gasteiger partial charge in [0.25, 0.3) is 11.8 Å². The number of amides is 2. The van der Waals surface area contributed by atoms with E-state index in [1.54, 1.807) is 48.1 Å². The maximum Gasteiger partial charge on any atom is 0.291 e. The number of hydrogen-bond acceptors (Lipinski definition) is 7. The summed E-state index contributed by atoms with van der Waals surface area (Å²) in [6.45, 7) is 0. The first-order chi connectivity index (χ1) is 13.6. The Morgan fingerprint density at radius 3 is 2.71 bits per heavy atom. The highest BCUT2D eigenvalue weighted by Crippen LogP contribution is 2.25. The van der Waals surface area contributed by atoms with Gasteiger partial charge in [0.15, 0.2) is 11.6 Å². The average Bonchev–Trinajstić information content (AvgIpc) is 3.43. The molecule has 4 aromatic rings. The number of nitrogens with zero attached hydrogens (tertiary/aromatic N) is 4. The third kappa shape index (κ3) is 3.67. The zero-order valence-electron chi connectivity index (χ0n) is 14.6. The van der Waals surface area contributed by atoms with E-state index in [0.717, 1.165) is 5.56 Å². The zero-order chi connectivity index (χ0) is 19.5. The molecule has 0 fully saturated rings. The van der Waals surface area contributed by atoms with Crippen LogP contribution in [0, 0.1) is 0 Å².